The zero-order valence-electron chi connectivity index (χ0n) is 16.8. The topological polar surface area (TPSA) is 134 Å². The number of aliphatic imine (C=N–C) groups is 1. The molecular weight excluding hydrogens is 393 g/mol. The number of anilines is 1. The SMILES string of the molecule is NC(N)=NC(=O)OCc1cccc(N2CCN(C(=O)C3CCC(O)CC3)CC2)c1F. The van der Waals surface area contributed by atoms with Crippen LogP contribution in [0.2, 0.25) is 0 Å². The van der Waals surface area contributed by atoms with Crippen molar-refractivity contribution in [2.45, 2.75) is 38.4 Å². The van der Waals surface area contributed by atoms with Gasteiger partial charge in [0.2, 0.25) is 5.91 Å². The summed E-state index contributed by atoms with van der Waals surface area (Å²) >= 11 is 0. The fourth-order valence-electron chi connectivity index (χ4n) is 3.95. The zero-order valence-corrected chi connectivity index (χ0v) is 16.8. The van der Waals surface area contributed by atoms with Crippen LogP contribution in [0.5, 0.6) is 0 Å². The van der Waals surface area contributed by atoms with Crippen LogP contribution < -0.4 is 16.4 Å². The molecule has 1 aromatic rings. The van der Waals surface area contributed by atoms with Crippen molar-refractivity contribution < 1.29 is 23.8 Å². The van der Waals surface area contributed by atoms with Gasteiger partial charge in [0.05, 0.1) is 11.8 Å². The van der Waals surface area contributed by atoms with Crippen molar-refractivity contribution in [3.05, 3.63) is 29.6 Å². The van der Waals surface area contributed by atoms with Crippen molar-refractivity contribution in [1.29, 1.82) is 0 Å². The number of benzene rings is 1. The molecule has 1 aliphatic carbocycles. The van der Waals surface area contributed by atoms with Crippen LogP contribution in [0.15, 0.2) is 23.2 Å². The van der Waals surface area contributed by atoms with Gasteiger partial charge in [-0.15, -0.1) is 4.99 Å². The Morgan fingerprint density at radius 3 is 2.43 bits per heavy atom. The Balaban J connectivity index is 1.57. The van der Waals surface area contributed by atoms with Crippen LogP contribution in [-0.2, 0) is 16.1 Å². The number of rotatable bonds is 4. The lowest BCUT2D eigenvalue weighted by atomic mass is 9.86. The number of carbonyl (C=O) groups is 2. The number of ether oxygens (including phenoxy) is 1. The molecule has 1 aliphatic heterocycles. The third-order valence-electron chi connectivity index (χ3n) is 5.61. The summed E-state index contributed by atoms with van der Waals surface area (Å²) in [5.41, 5.74) is 10.8. The van der Waals surface area contributed by atoms with E-state index in [1.54, 1.807) is 12.1 Å². The molecule has 0 unspecified atom stereocenters. The standard InChI is InChI=1S/C20H28FN5O4/c21-17-14(12-30-20(29)24-19(22)23)2-1-3-16(17)25-8-10-26(11-9-25)18(28)13-4-6-15(27)7-5-13/h1-3,13,15,27H,4-12H2,(H4,22,23,24,29). The molecule has 1 heterocycles. The minimum absolute atomic E-state index is 0.0279. The highest BCUT2D eigenvalue weighted by Gasteiger charge is 2.31. The van der Waals surface area contributed by atoms with Crippen molar-refractivity contribution >= 4 is 23.6 Å². The second-order valence-electron chi connectivity index (χ2n) is 7.66. The highest BCUT2D eigenvalue weighted by Crippen LogP contribution is 2.28. The Morgan fingerprint density at radius 1 is 1.13 bits per heavy atom. The summed E-state index contributed by atoms with van der Waals surface area (Å²) in [4.78, 5) is 31.1. The molecule has 0 spiro atoms. The Kier molecular flexibility index (Phi) is 7.09. The average Bonchev–Trinajstić information content (AvgIpc) is 2.73. The second kappa shape index (κ2) is 9.75. The number of nitrogens with two attached hydrogens (primary N) is 2. The summed E-state index contributed by atoms with van der Waals surface area (Å²) in [6.07, 6.45) is 1.50. The molecule has 0 radical (unpaired) electrons. The van der Waals surface area contributed by atoms with Gasteiger partial charge in [-0.25, -0.2) is 9.18 Å². The van der Waals surface area contributed by atoms with E-state index in [9.17, 15) is 19.1 Å². The number of hydrogen-bond acceptors (Lipinski definition) is 5. The second-order valence-corrected chi connectivity index (χ2v) is 7.66. The number of guanidine groups is 1. The van der Waals surface area contributed by atoms with E-state index in [4.69, 9.17) is 16.2 Å². The van der Waals surface area contributed by atoms with E-state index in [1.807, 2.05) is 9.80 Å². The number of piperazine rings is 1. The quantitative estimate of drug-likeness (QED) is 0.486. The average molecular weight is 421 g/mol. The number of aliphatic hydroxyl groups excluding tert-OH is 1. The molecule has 2 amide bonds. The highest BCUT2D eigenvalue weighted by molar-refractivity contribution is 5.87. The van der Waals surface area contributed by atoms with E-state index in [0.29, 0.717) is 44.7 Å². The molecule has 1 saturated heterocycles. The third-order valence-corrected chi connectivity index (χ3v) is 5.61. The van der Waals surface area contributed by atoms with Gasteiger partial charge < -0.3 is 31.1 Å². The van der Waals surface area contributed by atoms with Gasteiger partial charge in [-0.2, -0.15) is 0 Å². The lowest BCUT2D eigenvalue weighted by Gasteiger charge is -2.38. The van der Waals surface area contributed by atoms with Gasteiger partial charge >= 0.3 is 6.09 Å². The Hall–Kier alpha value is -2.88. The Bertz CT molecular complexity index is 798. The number of hydrogen-bond donors (Lipinski definition) is 3. The van der Waals surface area contributed by atoms with Crippen molar-refractivity contribution in [3.8, 4) is 0 Å². The summed E-state index contributed by atoms with van der Waals surface area (Å²) in [6.45, 7) is 1.76. The minimum Gasteiger partial charge on any atom is -0.443 e. The number of halogens is 1. The van der Waals surface area contributed by atoms with Crippen LogP contribution >= 0.6 is 0 Å². The molecule has 1 aromatic carbocycles. The maximum absolute atomic E-state index is 14.9. The van der Waals surface area contributed by atoms with E-state index < -0.39 is 17.9 Å². The van der Waals surface area contributed by atoms with Gasteiger partial charge in [-0.05, 0) is 31.7 Å². The summed E-state index contributed by atoms with van der Waals surface area (Å²) in [7, 11) is 0. The van der Waals surface area contributed by atoms with Gasteiger partial charge in [0.1, 0.15) is 6.61 Å². The van der Waals surface area contributed by atoms with Gasteiger partial charge in [-0.3, -0.25) is 4.79 Å². The predicted molar refractivity (Wildman–Crippen MR) is 109 cm³/mol. The molecule has 10 heteroatoms. The lowest BCUT2D eigenvalue weighted by molar-refractivity contribution is -0.137. The van der Waals surface area contributed by atoms with Crippen molar-refractivity contribution in [3.63, 3.8) is 0 Å². The van der Waals surface area contributed by atoms with Crippen LogP contribution in [0.3, 0.4) is 0 Å². The smallest absolute Gasteiger partial charge is 0.437 e. The molecule has 2 fully saturated rings. The first-order chi connectivity index (χ1) is 14.3. The van der Waals surface area contributed by atoms with E-state index in [-0.39, 0.29) is 30.1 Å². The third kappa shape index (κ3) is 5.38. The molecule has 5 N–H and O–H groups in total. The van der Waals surface area contributed by atoms with Crippen LogP contribution in [0.4, 0.5) is 14.9 Å². The lowest BCUT2D eigenvalue weighted by Crippen LogP contribution is -2.51. The van der Waals surface area contributed by atoms with Crippen LogP contribution in [0.25, 0.3) is 0 Å². The first-order valence-electron chi connectivity index (χ1n) is 10.1. The molecule has 2 aliphatic rings. The molecule has 1 saturated carbocycles. The summed E-state index contributed by atoms with van der Waals surface area (Å²) in [6, 6.07) is 4.88. The molecule has 0 aromatic heterocycles. The first kappa shape index (κ1) is 21.8. The molecule has 30 heavy (non-hydrogen) atoms. The van der Waals surface area contributed by atoms with Crippen molar-refractivity contribution in [2.75, 3.05) is 31.1 Å². The van der Waals surface area contributed by atoms with Crippen molar-refractivity contribution in [1.82, 2.24) is 4.90 Å². The predicted octanol–water partition coefficient (Wildman–Crippen LogP) is 0.935. The number of aliphatic hydroxyl groups is 1. The fourth-order valence-corrected chi connectivity index (χ4v) is 3.95. The zero-order chi connectivity index (χ0) is 21.7. The number of nitrogens with zero attached hydrogens (tertiary/aromatic N) is 3. The number of amides is 2. The van der Waals surface area contributed by atoms with Crippen LogP contribution in [0, 0.1) is 11.7 Å². The maximum Gasteiger partial charge on any atom is 0.437 e. The summed E-state index contributed by atoms with van der Waals surface area (Å²) < 4.78 is 19.8. The highest BCUT2D eigenvalue weighted by atomic mass is 19.1. The monoisotopic (exact) mass is 421 g/mol. The van der Waals surface area contributed by atoms with E-state index in [1.165, 1.54) is 6.07 Å². The fraction of sp³-hybridized carbons (Fsp3) is 0.550. The van der Waals surface area contributed by atoms with E-state index in [0.717, 1.165) is 12.8 Å². The van der Waals surface area contributed by atoms with E-state index >= 15 is 0 Å². The minimum atomic E-state index is -0.984. The molecule has 3 rings (SSSR count). The Morgan fingerprint density at radius 2 is 1.80 bits per heavy atom. The molecular formula is C20H28FN5O4. The first-order valence-corrected chi connectivity index (χ1v) is 10.1. The van der Waals surface area contributed by atoms with Crippen LogP contribution in [0.1, 0.15) is 31.2 Å². The summed E-state index contributed by atoms with van der Waals surface area (Å²) in [5, 5.41) is 9.62. The van der Waals surface area contributed by atoms with Crippen molar-refractivity contribution in [2.24, 2.45) is 22.4 Å². The van der Waals surface area contributed by atoms with E-state index in [2.05, 4.69) is 4.99 Å². The molecule has 9 nitrogen and oxygen atoms in total. The van der Waals surface area contributed by atoms with Gasteiger partial charge in [0.15, 0.2) is 11.8 Å². The molecule has 164 valence electrons. The Labute approximate surface area is 174 Å². The number of carbonyl (C=O) groups excluding carboxylic acids is 2. The van der Waals surface area contributed by atoms with Gasteiger partial charge in [0, 0.05) is 37.7 Å². The van der Waals surface area contributed by atoms with Gasteiger partial charge in [0.25, 0.3) is 0 Å². The summed E-state index contributed by atoms with van der Waals surface area (Å²) in [5.74, 6) is -0.801. The normalized spacial score (nSPS) is 21.8. The molecule has 0 bridgehead atoms. The van der Waals surface area contributed by atoms with Gasteiger partial charge in [-0.1, -0.05) is 12.1 Å². The maximum atomic E-state index is 14.9. The molecule has 0 atom stereocenters. The largest absolute Gasteiger partial charge is 0.443 e. The van der Waals surface area contributed by atoms with Crippen LogP contribution in [-0.4, -0.2) is 60.2 Å².